The molecule has 0 aliphatic heterocycles. The van der Waals surface area contributed by atoms with E-state index in [2.05, 4.69) is 4.98 Å². The van der Waals surface area contributed by atoms with Gasteiger partial charge in [0.05, 0.1) is 5.69 Å². The van der Waals surface area contributed by atoms with Gasteiger partial charge in [0.2, 0.25) is 15.9 Å². The molecule has 1 amide bonds. The summed E-state index contributed by atoms with van der Waals surface area (Å²) >= 11 is 0. The average molecular weight is 305 g/mol. The molecule has 110 valence electrons. The first-order valence-electron chi connectivity index (χ1n) is 6.12. The van der Waals surface area contributed by atoms with Gasteiger partial charge in [-0.3, -0.25) is 9.78 Å². The van der Waals surface area contributed by atoms with Gasteiger partial charge in [-0.15, -0.1) is 0 Å². The van der Waals surface area contributed by atoms with Crippen LogP contribution in [0.5, 0.6) is 0 Å². The zero-order valence-electron chi connectivity index (χ0n) is 11.6. The van der Waals surface area contributed by atoms with Crippen molar-refractivity contribution in [3.05, 3.63) is 48.2 Å². The largest absolute Gasteiger partial charge is 0.366 e. The van der Waals surface area contributed by atoms with Crippen LogP contribution in [0, 0.1) is 0 Å². The van der Waals surface area contributed by atoms with Crippen LogP contribution in [0.1, 0.15) is 10.4 Å². The fourth-order valence-corrected chi connectivity index (χ4v) is 2.95. The molecule has 1 heterocycles. The first kappa shape index (κ1) is 15.1. The second-order valence-electron chi connectivity index (χ2n) is 4.55. The number of nitrogens with two attached hydrogens (primary N) is 1. The Morgan fingerprint density at radius 2 is 1.81 bits per heavy atom. The molecule has 1 aromatic heterocycles. The van der Waals surface area contributed by atoms with E-state index in [1.807, 2.05) is 0 Å². The summed E-state index contributed by atoms with van der Waals surface area (Å²) in [5, 5.41) is 0. The van der Waals surface area contributed by atoms with Crippen LogP contribution in [0.4, 0.5) is 0 Å². The highest BCUT2D eigenvalue weighted by atomic mass is 32.2. The van der Waals surface area contributed by atoms with Crippen molar-refractivity contribution >= 4 is 15.9 Å². The highest BCUT2D eigenvalue weighted by Crippen LogP contribution is 2.28. The second-order valence-corrected chi connectivity index (χ2v) is 6.67. The molecular weight excluding hydrogens is 290 g/mol. The standard InChI is InChI=1S/C14H15N3O3S/c1-17(2)21(19,20)12-8-5-9-16-13(12)10-6-3-4-7-11(10)14(15)18/h3-9H,1-2H3,(H2,15,18). The van der Waals surface area contributed by atoms with Gasteiger partial charge in [0.1, 0.15) is 4.90 Å². The van der Waals surface area contributed by atoms with Crippen LogP contribution in [0.2, 0.25) is 0 Å². The van der Waals surface area contributed by atoms with Crippen LogP contribution in [-0.2, 0) is 10.0 Å². The predicted octanol–water partition coefficient (Wildman–Crippen LogP) is 1.10. The minimum atomic E-state index is -3.68. The van der Waals surface area contributed by atoms with E-state index in [4.69, 9.17) is 5.73 Å². The highest BCUT2D eigenvalue weighted by Gasteiger charge is 2.24. The molecule has 0 spiro atoms. The summed E-state index contributed by atoms with van der Waals surface area (Å²) in [6.07, 6.45) is 1.47. The fraction of sp³-hybridized carbons (Fsp3) is 0.143. The second kappa shape index (κ2) is 5.63. The normalized spacial score (nSPS) is 11.6. The van der Waals surface area contributed by atoms with Crippen molar-refractivity contribution in [2.75, 3.05) is 14.1 Å². The Morgan fingerprint density at radius 3 is 2.43 bits per heavy atom. The predicted molar refractivity (Wildman–Crippen MR) is 79.1 cm³/mol. The zero-order valence-corrected chi connectivity index (χ0v) is 12.5. The van der Waals surface area contributed by atoms with Crippen molar-refractivity contribution in [1.29, 1.82) is 0 Å². The quantitative estimate of drug-likeness (QED) is 0.915. The Hall–Kier alpha value is -2.25. The van der Waals surface area contributed by atoms with E-state index in [0.29, 0.717) is 5.56 Å². The lowest BCUT2D eigenvalue weighted by atomic mass is 10.0. The molecule has 0 saturated heterocycles. The monoisotopic (exact) mass is 305 g/mol. The van der Waals surface area contributed by atoms with Gasteiger partial charge in [-0.05, 0) is 18.2 Å². The number of hydrogen-bond donors (Lipinski definition) is 1. The van der Waals surface area contributed by atoms with Gasteiger partial charge in [0, 0.05) is 31.4 Å². The number of pyridine rings is 1. The van der Waals surface area contributed by atoms with Gasteiger partial charge in [-0.1, -0.05) is 18.2 Å². The minimum Gasteiger partial charge on any atom is -0.366 e. The number of benzene rings is 1. The average Bonchev–Trinajstić information content (AvgIpc) is 2.47. The molecule has 6 nitrogen and oxygen atoms in total. The molecule has 0 fully saturated rings. The molecule has 1 aromatic carbocycles. The van der Waals surface area contributed by atoms with E-state index in [0.717, 1.165) is 4.31 Å². The van der Waals surface area contributed by atoms with Crippen molar-refractivity contribution < 1.29 is 13.2 Å². The summed E-state index contributed by atoms with van der Waals surface area (Å²) in [5.74, 6) is -0.635. The number of primary amides is 1. The number of hydrogen-bond acceptors (Lipinski definition) is 4. The highest BCUT2D eigenvalue weighted by molar-refractivity contribution is 7.89. The lowest BCUT2D eigenvalue weighted by molar-refractivity contribution is 0.100. The van der Waals surface area contributed by atoms with Crippen LogP contribution in [0.25, 0.3) is 11.3 Å². The molecule has 2 aromatic rings. The SMILES string of the molecule is CN(C)S(=O)(=O)c1cccnc1-c1ccccc1C(N)=O. The summed E-state index contributed by atoms with van der Waals surface area (Å²) in [5.41, 5.74) is 6.18. The number of carbonyl (C=O) groups excluding carboxylic acids is 1. The molecule has 0 aliphatic carbocycles. The number of amides is 1. The van der Waals surface area contributed by atoms with E-state index in [-0.39, 0.29) is 16.2 Å². The molecule has 0 unspecified atom stereocenters. The smallest absolute Gasteiger partial charge is 0.249 e. The number of carbonyl (C=O) groups is 1. The third kappa shape index (κ3) is 2.79. The van der Waals surface area contributed by atoms with E-state index >= 15 is 0 Å². The van der Waals surface area contributed by atoms with Crippen molar-refractivity contribution in [3.63, 3.8) is 0 Å². The Bertz CT molecular complexity index is 786. The topological polar surface area (TPSA) is 93.4 Å². The van der Waals surface area contributed by atoms with E-state index in [9.17, 15) is 13.2 Å². The first-order valence-corrected chi connectivity index (χ1v) is 7.56. The summed E-state index contributed by atoms with van der Waals surface area (Å²) in [6.45, 7) is 0. The van der Waals surface area contributed by atoms with Crippen molar-refractivity contribution in [2.24, 2.45) is 5.73 Å². The third-order valence-electron chi connectivity index (χ3n) is 2.98. The maximum absolute atomic E-state index is 12.4. The Kier molecular flexibility index (Phi) is 4.06. The first-order chi connectivity index (χ1) is 9.85. The molecule has 21 heavy (non-hydrogen) atoms. The molecular formula is C14H15N3O3S. The van der Waals surface area contributed by atoms with Crippen LogP contribution in [0.15, 0.2) is 47.5 Å². The lowest BCUT2D eigenvalue weighted by Crippen LogP contribution is -2.23. The van der Waals surface area contributed by atoms with Crippen LogP contribution >= 0.6 is 0 Å². The van der Waals surface area contributed by atoms with Crippen molar-refractivity contribution in [3.8, 4) is 11.3 Å². The number of nitrogens with zero attached hydrogens (tertiary/aromatic N) is 2. The molecule has 0 atom stereocenters. The fourth-order valence-electron chi connectivity index (χ4n) is 1.90. The maximum Gasteiger partial charge on any atom is 0.249 e. The van der Waals surface area contributed by atoms with Crippen LogP contribution < -0.4 is 5.73 Å². The summed E-state index contributed by atoms with van der Waals surface area (Å²) in [4.78, 5) is 15.7. The zero-order chi connectivity index (χ0) is 15.6. The summed E-state index contributed by atoms with van der Waals surface area (Å²) < 4.78 is 25.9. The summed E-state index contributed by atoms with van der Waals surface area (Å²) in [6, 6.07) is 9.51. The van der Waals surface area contributed by atoms with Crippen molar-refractivity contribution in [2.45, 2.75) is 4.90 Å². The molecule has 0 aliphatic rings. The number of sulfonamides is 1. The maximum atomic E-state index is 12.4. The van der Waals surface area contributed by atoms with E-state index in [1.54, 1.807) is 24.3 Å². The van der Waals surface area contributed by atoms with Crippen LogP contribution in [-0.4, -0.2) is 37.7 Å². The lowest BCUT2D eigenvalue weighted by Gasteiger charge is -2.15. The van der Waals surface area contributed by atoms with Gasteiger partial charge < -0.3 is 5.73 Å². The molecule has 0 radical (unpaired) electrons. The van der Waals surface area contributed by atoms with Gasteiger partial charge in [-0.25, -0.2) is 12.7 Å². The summed E-state index contributed by atoms with van der Waals surface area (Å²) in [7, 11) is -0.806. The molecule has 0 bridgehead atoms. The minimum absolute atomic E-state index is 0.0312. The third-order valence-corrected chi connectivity index (χ3v) is 4.82. The van der Waals surface area contributed by atoms with E-state index < -0.39 is 15.9 Å². The molecule has 0 saturated carbocycles. The molecule has 2 rings (SSSR count). The van der Waals surface area contributed by atoms with Crippen LogP contribution in [0.3, 0.4) is 0 Å². The number of aromatic nitrogens is 1. The van der Waals surface area contributed by atoms with Gasteiger partial charge in [0.25, 0.3) is 0 Å². The Morgan fingerprint density at radius 1 is 1.14 bits per heavy atom. The van der Waals surface area contributed by atoms with Gasteiger partial charge in [0.15, 0.2) is 0 Å². The van der Waals surface area contributed by atoms with Gasteiger partial charge >= 0.3 is 0 Å². The van der Waals surface area contributed by atoms with E-state index in [1.165, 1.54) is 32.4 Å². The number of rotatable bonds is 4. The van der Waals surface area contributed by atoms with Gasteiger partial charge in [-0.2, -0.15) is 0 Å². The Labute approximate surface area is 123 Å². The van der Waals surface area contributed by atoms with Crippen molar-refractivity contribution in [1.82, 2.24) is 9.29 Å². The molecule has 2 N–H and O–H groups in total. The Balaban J connectivity index is 2.76. The molecule has 7 heteroatoms.